The van der Waals surface area contributed by atoms with Gasteiger partial charge in [0.2, 0.25) is 5.91 Å². The molecule has 100 valence electrons. The zero-order valence-corrected chi connectivity index (χ0v) is 11.2. The second-order valence-corrected chi connectivity index (χ2v) is 5.00. The number of amides is 1. The maximum absolute atomic E-state index is 11.8. The van der Waals surface area contributed by atoms with E-state index in [-0.39, 0.29) is 5.91 Å². The quantitative estimate of drug-likeness (QED) is 0.878. The molecule has 4 heteroatoms. The highest BCUT2D eigenvalue weighted by Crippen LogP contribution is 2.23. The second kappa shape index (κ2) is 5.05. The number of rotatable bonds is 3. The van der Waals surface area contributed by atoms with Crippen LogP contribution in [0.1, 0.15) is 18.1 Å². The lowest BCUT2D eigenvalue weighted by molar-refractivity contribution is -0.132. The number of piperazine rings is 1. The van der Waals surface area contributed by atoms with Gasteiger partial charge >= 0.3 is 0 Å². The Kier molecular flexibility index (Phi) is 3.25. The average molecular weight is 257 g/mol. The van der Waals surface area contributed by atoms with E-state index in [4.69, 9.17) is 0 Å². The summed E-state index contributed by atoms with van der Waals surface area (Å²) >= 11 is 0. The Balaban J connectivity index is 1.91. The van der Waals surface area contributed by atoms with Gasteiger partial charge in [0.15, 0.2) is 0 Å². The third-order valence-corrected chi connectivity index (χ3v) is 3.82. The maximum Gasteiger partial charge on any atom is 0.236 e. The number of nitrogens with zero attached hydrogens (tertiary/aromatic N) is 1. The van der Waals surface area contributed by atoms with Gasteiger partial charge in [-0.3, -0.25) is 4.79 Å². The molecule has 4 nitrogen and oxygen atoms in total. The van der Waals surface area contributed by atoms with E-state index in [1.54, 1.807) is 0 Å². The van der Waals surface area contributed by atoms with Crippen LogP contribution in [0.4, 0.5) is 0 Å². The highest BCUT2D eigenvalue weighted by molar-refractivity contribution is 5.87. The number of para-hydroxylation sites is 1. The van der Waals surface area contributed by atoms with E-state index in [1.807, 2.05) is 11.1 Å². The number of hydrogen-bond donors (Lipinski definition) is 2. The van der Waals surface area contributed by atoms with Gasteiger partial charge < -0.3 is 15.2 Å². The van der Waals surface area contributed by atoms with Crippen LogP contribution in [-0.4, -0.2) is 35.4 Å². The number of carbonyl (C=O) groups is 1. The second-order valence-electron chi connectivity index (χ2n) is 5.00. The molecule has 0 bridgehead atoms. The van der Waals surface area contributed by atoms with Crippen LogP contribution in [0, 0.1) is 0 Å². The number of fused-ring (bicyclic) bond motifs is 1. The van der Waals surface area contributed by atoms with E-state index in [0.29, 0.717) is 13.1 Å². The monoisotopic (exact) mass is 257 g/mol. The number of carbonyl (C=O) groups excluding carboxylic acids is 1. The third kappa shape index (κ3) is 2.24. The summed E-state index contributed by atoms with van der Waals surface area (Å²) in [5, 5.41) is 4.34. The van der Waals surface area contributed by atoms with Crippen LogP contribution in [0.25, 0.3) is 10.9 Å². The highest BCUT2D eigenvalue weighted by atomic mass is 16.2. The molecule has 0 atom stereocenters. The molecule has 1 fully saturated rings. The van der Waals surface area contributed by atoms with Crippen LogP contribution >= 0.6 is 0 Å². The Hall–Kier alpha value is -1.81. The predicted octanol–water partition coefficient (Wildman–Crippen LogP) is 1.66. The van der Waals surface area contributed by atoms with E-state index < -0.39 is 0 Å². The summed E-state index contributed by atoms with van der Waals surface area (Å²) in [6, 6.07) is 6.38. The molecule has 2 aromatic rings. The van der Waals surface area contributed by atoms with E-state index in [2.05, 4.69) is 35.4 Å². The van der Waals surface area contributed by atoms with E-state index in [1.165, 1.54) is 22.0 Å². The summed E-state index contributed by atoms with van der Waals surface area (Å²) in [5.41, 5.74) is 3.75. The lowest BCUT2D eigenvalue weighted by Crippen LogP contribution is -2.47. The Morgan fingerprint density at radius 1 is 1.32 bits per heavy atom. The first-order valence-corrected chi connectivity index (χ1v) is 6.86. The van der Waals surface area contributed by atoms with E-state index in [9.17, 15) is 4.79 Å². The summed E-state index contributed by atoms with van der Waals surface area (Å²) in [5.74, 6) is 0.187. The van der Waals surface area contributed by atoms with Crippen molar-refractivity contribution in [1.29, 1.82) is 0 Å². The zero-order chi connectivity index (χ0) is 13.2. The largest absolute Gasteiger partial charge is 0.361 e. The Morgan fingerprint density at radius 3 is 3.00 bits per heavy atom. The van der Waals surface area contributed by atoms with Crippen LogP contribution in [0.15, 0.2) is 24.4 Å². The SMILES string of the molecule is CCc1cccc2c(CN3CCNCC3=O)c[nH]c12. The average Bonchev–Trinajstić information content (AvgIpc) is 2.84. The van der Waals surface area contributed by atoms with Gasteiger partial charge in [-0.15, -0.1) is 0 Å². The number of aryl methyl sites for hydroxylation is 1. The molecular weight excluding hydrogens is 238 g/mol. The molecule has 1 aliphatic heterocycles. The van der Waals surface area contributed by atoms with Gasteiger partial charge in [-0.05, 0) is 17.5 Å². The number of aromatic nitrogens is 1. The Labute approximate surface area is 112 Å². The van der Waals surface area contributed by atoms with Gasteiger partial charge in [0.1, 0.15) is 0 Å². The highest BCUT2D eigenvalue weighted by Gasteiger charge is 2.19. The Morgan fingerprint density at radius 2 is 2.21 bits per heavy atom. The van der Waals surface area contributed by atoms with Gasteiger partial charge in [0.25, 0.3) is 0 Å². The van der Waals surface area contributed by atoms with Crippen molar-refractivity contribution in [2.45, 2.75) is 19.9 Å². The molecule has 1 saturated heterocycles. The fraction of sp³-hybridized carbons (Fsp3) is 0.400. The summed E-state index contributed by atoms with van der Waals surface area (Å²) in [6.45, 7) is 5.00. The van der Waals surface area contributed by atoms with Crippen LogP contribution in [0.5, 0.6) is 0 Å². The third-order valence-electron chi connectivity index (χ3n) is 3.82. The summed E-state index contributed by atoms with van der Waals surface area (Å²) in [7, 11) is 0. The molecule has 3 rings (SSSR count). The predicted molar refractivity (Wildman–Crippen MR) is 76.0 cm³/mol. The van der Waals surface area contributed by atoms with Crippen LogP contribution < -0.4 is 5.32 Å². The number of nitrogens with one attached hydrogen (secondary N) is 2. The summed E-state index contributed by atoms with van der Waals surface area (Å²) in [4.78, 5) is 17.1. The van der Waals surface area contributed by atoms with Crippen molar-refractivity contribution < 1.29 is 4.79 Å². The molecule has 0 unspecified atom stereocenters. The number of aromatic amines is 1. The van der Waals surface area contributed by atoms with E-state index in [0.717, 1.165) is 19.5 Å². The molecule has 1 aliphatic rings. The van der Waals surface area contributed by atoms with Crippen molar-refractivity contribution in [3.63, 3.8) is 0 Å². The van der Waals surface area contributed by atoms with Gasteiger partial charge in [0, 0.05) is 36.7 Å². The van der Waals surface area contributed by atoms with Crippen LogP contribution in [0.3, 0.4) is 0 Å². The number of H-pyrrole nitrogens is 1. The smallest absolute Gasteiger partial charge is 0.236 e. The maximum atomic E-state index is 11.8. The molecule has 1 amide bonds. The molecule has 2 heterocycles. The van der Waals surface area contributed by atoms with Crippen molar-refractivity contribution >= 4 is 16.8 Å². The minimum absolute atomic E-state index is 0.187. The van der Waals surface area contributed by atoms with Crippen molar-refractivity contribution in [2.75, 3.05) is 19.6 Å². The zero-order valence-electron chi connectivity index (χ0n) is 11.2. The van der Waals surface area contributed by atoms with E-state index >= 15 is 0 Å². The summed E-state index contributed by atoms with van der Waals surface area (Å²) in [6.07, 6.45) is 3.06. The molecule has 0 radical (unpaired) electrons. The molecule has 19 heavy (non-hydrogen) atoms. The number of benzene rings is 1. The minimum atomic E-state index is 0.187. The number of hydrogen-bond acceptors (Lipinski definition) is 2. The van der Waals surface area contributed by atoms with Crippen LogP contribution in [0.2, 0.25) is 0 Å². The molecule has 1 aromatic carbocycles. The molecular formula is C15H19N3O. The molecule has 0 aliphatic carbocycles. The van der Waals surface area contributed by atoms with Crippen molar-refractivity contribution in [2.24, 2.45) is 0 Å². The van der Waals surface area contributed by atoms with Crippen molar-refractivity contribution in [1.82, 2.24) is 15.2 Å². The normalized spacial score (nSPS) is 16.3. The van der Waals surface area contributed by atoms with Gasteiger partial charge in [-0.25, -0.2) is 0 Å². The standard InChI is InChI=1S/C15H19N3O/c1-2-11-4-3-5-13-12(8-17-15(11)13)10-18-7-6-16-9-14(18)19/h3-5,8,16-17H,2,6-7,9-10H2,1H3. The first-order valence-electron chi connectivity index (χ1n) is 6.86. The van der Waals surface area contributed by atoms with Crippen molar-refractivity contribution in [3.05, 3.63) is 35.5 Å². The Bertz CT molecular complexity index is 602. The van der Waals surface area contributed by atoms with Gasteiger partial charge in [-0.2, -0.15) is 0 Å². The fourth-order valence-corrected chi connectivity index (χ4v) is 2.72. The lowest BCUT2D eigenvalue weighted by Gasteiger charge is -2.27. The topological polar surface area (TPSA) is 48.1 Å². The fourth-order valence-electron chi connectivity index (χ4n) is 2.72. The van der Waals surface area contributed by atoms with Gasteiger partial charge in [0.05, 0.1) is 6.54 Å². The molecule has 1 aromatic heterocycles. The first-order chi connectivity index (χ1) is 9.29. The first kappa shape index (κ1) is 12.2. The molecule has 0 saturated carbocycles. The molecule has 0 spiro atoms. The van der Waals surface area contributed by atoms with Gasteiger partial charge in [-0.1, -0.05) is 25.1 Å². The lowest BCUT2D eigenvalue weighted by atomic mass is 10.1. The molecule has 2 N–H and O–H groups in total. The minimum Gasteiger partial charge on any atom is -0.361 e. The summed E-state index contributed by atoms with van der Waals surface area (Å²) < 4.78 is 0. The van der Waals surface area contributed by atoms with Crippen molar-refractivity contribution in [3.8, 4) is 0 Å². The van der Waals surface area contributed by atoms with Crippen LogP contribution in [-0.2, 0) is 17.8 Å².